The van der Waals surface area contributed by atoms with Crippen LogP contribution < -0.4 is 5.32 Å². The van der Waals surface area contributed by atoms with E-state index in [1.165, 1.54) is 4.90 Å². The minimum atomic E-state index is -3.04. The molecular weight excluding hydrogens is 304 g/mol. The van der Waals surface area contributed by atoms with E-state index in [9.17, 15) is 18.0 Å². The molecule has 0 radical (unpaired) electrons. The summed E-state index contributed by atoms with van der Waals surface area (Å²) in [5.74, 6) is 0.519. The Kier molecular flexibility index (Phi) is 4.79. The number of sulfone groups is 1. The molecule has 9 heteroatoms. The normalized spacial score (nSPS) is 29.1. The largest absolute Gasteiger partial charge is 0.481 e. The van der Waals surface area contributed by atoms with Crippen molar-refractivity contribution >= 4 is 33.6 Å². The Morgan fingerprint density at radius 2 is 2.15 bits per heavy atom. The average molecular weight is 322 g/mol. The quantitative estimate of drug-likeness (QED) is 0.744. The second-order valence-corrected chi connectivity index (χ2v) is 8.45. The Bertz CT molecular complexity index is 493. The van der Waals surface area contributed by atoms with Crippen LogP contribution in [-0.4, -0.2) is 72.1 Å². The van der Waals surface area contributed by atoms with Crippen LogP contribution in [0.15, 0.2) is 0 Å². The second kappa shape index (κ2) is 6.21. The molecule has 2 aliphatic heterocycles. The Labute approximate surface area is 122 Å². The maximum Gasteiger partial charge on any atom is 0.317 e. The number of urea groups is 1. The number of hydrogen-bond acceptors (Lipinski definition) is 5. The van der Waals surface area contributed by atoms with E-state index in [4.69, 9.17) is 5.11 Å². The molecule has 0 bridgehead atoms. The van der Waals surface area contributed by atoms with Gasteiger partial charge in [-0.15, -0.1) is 0 Å². The number of carbonyl (C=O) groups is 2. The summed E-state index contributed by atoms with van der Waals surface area (Å²) < 4.78 is 22.7. The van der Waals surface area contributed by atoms with E-state index in [-0.39, 0.29) is 36.0 Å². The minimum Gasteiger partial charge on any atom is -0.481 e. The fourth-order valence-electron chi connectivity index (χ4n) is 2.46. The first-order valence-electron chi connectivity index (χ1n) is 6.44. The number of carbonyl (C=O) groups excluding carboxylic acids is 1. The van der Waals surface area contributed by atoms with Crippen molar-refractivity contribution < 1.29 is 23.1 Å². The molecule has 0 saturated carbocycles. The summed E-state index contributed by atoms with van der Waals surface area (Å²) in [5.41, 5.74) is 0. The van der Waals surface area contributed by atoms with E-state index in [1.54, 1.807) is 11.8 Å². The van der Waals surface area contributed by atoms with Crippen molar-refractivity contribution in [2.45, 2.75) is 24.9 Å². The molecule has 20 heavy (non-hydrogen) atoms. The highest BCUT2D eigenvalue weighted by Crippen LogP contribution is 2.20. The molecule has 2 fully saturated rings. The van der Waals surface area contributed by atoms with Crippen LogP contribution in [0, 0.1) is 0 Å². The fourth-order valence-corrected chi connectivity index (χ4v) is 5.19. The van der Waals surface area contributed by atoms with Crippen molar-refractivity contribution in [1.82, 2.24) is 10.2 Å². The summed E-state index contributed by atoms with van der Waals surface area (Å²) in [6.07, 6.45) is 0.351. The first-order chi connectivity index (χ1) is 9.37. The number of nitrogens with one attached hydrogen (secondary N) is 1. The van der Waals surface area contributed by atoms with Crippen molar-refractivity contribution in [3.8, 4) is 0 Å². The standard InChI is InChI=1S/C11H18N2O5S2/c14-10(15)5-9-6-19-3-2-13(9)11(16)12-8-1-4-20(17,18)7-8/h8-9H,1-7H2,(H,12,16)(H,14,15). The molecule has 2 aliphatic rings. The molecule has 0 aromatic carbocycles. The highest BCUT2D eigenvalue weighted by molar-refractivity contribution is 7.99. The van der Waals surface area contributed by atoms with Crippen LogP contribution >= 0.6 is 11.8 Å². The summed E-state index contributed by atoms with van der Waals surface area (Å²) in [7, 11) is -3.04. The predicted octanol–water partition coefficient (Wildman–Crippen LogP) is -0.225. The first kappa shape index (κ1) is 15.4. The van der Waals surface area contributed by atoms with Crippen LogP contribution in [0.5, 0.6) is 0 Å². The van der Waals surface area contributed by atoms with Crippen LogP contribution in [-0.2, 0) is 14.6 Å². The molecule has 0 aromatic heterocycles. The minimum absolute atomic E-state index is 0.0229. The first-order valence-corrected chi connectivity index (χ1v) is 9.42. The number of carboxylic acid groups (broad SMARTS) is 1. The summed E-state index contributed by atoms with van der Waals surface area (Å²) in [5, 5.41) is 11.6. The number of thioether (sulfide) groups is 1. The Morgan fingerprint density at radius 1 is 1.40 bits per heavy atom. The lowest BCUT2D eigenvalue weighted by Gasteiger charge is -2.35. The van der Waals surface area contributed by atoms with Gasteiger partial charge in [-0.25, -0.2) is 13.2 Å². The highest BCUT2D eigenvalue weighted by Gasteiger charge is 2.33. The number of nitrogens with zero attached hydrogens (tertiary/aromatic N) is 1. The monoisotopic (exact) mass is 322 g/mol. The number of aliphatic carboxylic acids is 1. The lowest BCUT2D eigenvalue weighted by atomic mass is 10.2. The predicted molar refractivity (Wildman–Crippen MR) is 75.7 cm³/mol. The molecule has 7 nitrogen and oxygen atoms in total. The zero-order valence-electron chi connectivity index (χ0n) is 10.9. The molecule has 2 unspecified atom stereocenters. The zero-order valence-corrected chi connectivity index (χ0v) is 12.6. The van der Waals surface area contributed by atoms with Gasteiger partial charge in [0.2, 0.25) is 0 Å². The van der Waals surface area contributed by atoms with Crippen LogP contribution in [0.1, 0.15) is 12.8 Å². The average Bonchev–Trinajstić information content (AvgIpc) is 2.68. The Hall–Kier alpha value is -0.960. The highest BCUT2D eigenvalue weighted by atomic mass is 32.2. The van der Waals surface area contributed by atoms with Gasteiger partial charge in [0.25, 0.3) is 0 Å². The molecule has 114 valence electrons. The summed E-state index contributed by atoms with van der Waals surface area (Å²) >= 11 is 1.63. The Balaban J connectivity index is 1.94. The molecular formula is C11H18N2O5S2. The molecule has 2 heterocycles. The molecule has 2 saturated heterocycles. The number of rotatable bonds is 3. The fraction of sp³-hybridized carbons (Fsp3) is 0.818. The third-order valence-electron chi connectivity index (χ3n) is 3.46. The molecule has 2 N–H and O–H groups in total. The van der Waals surface area contributed by atoms with Gasteiger partial charge in [-0.05, 0) is 6.42 Å². The second-order valence-electron chi connectivity index (χ2n) is 5.07. The maximum absolute atomic E-state index is 12.2. The van der Waals surface area contributed by atoms with Gasteiger partial charge in [0, 0.05) is 24.1 Å². The lowest BCUT2D eigenvalue weighted by molar-refractivity contribution is -0.138. The van der Waals surface area contributed by atoms with E-state index in [0.29, 0.717) is 18.7 Å². The van der Waals surface area contributed by atoms with Crippen LogP contribution in [0.4, 0.5) is 4.79 Å². The van der Waals surface area contributed by atoms with Crippen LogP contribution in [0.3, 0.4) is 0 Å². The van der Waals surface area contributed by atoms with Gasteiger partial charge in [0.1, 0.15) is 0 Å². The van der Waals surface area contributed by atoms with E-state index in [1.807, 2.05) is 0 Å². The van der Waals surface area contributed by atoms with Crippen molar-refractivity contribution in [3.05, 3.63) is 0 Å². The van der Waals surface area contributed by atoms with Crippen molar-refractivity contribution in [1.29, 1.82) is 0 Å². The van der Waals surface area contributed by atoms with Gasteiger partial charge >= 0.3 is 12.0 Å². The molecule has 2 amide bonds. The van der Waals surface area contributed by atoms with Crippen molar-refractivity contribution in [2.75, 3.05) is 29.6 Å². The SMILES string of the molecule is O=C(O)CC1CSCCN1C(=O)NC1CCS(=O)(=O)C1. The Morgan fingerprint density at radius 3 is 2.75 bits per heavy atom. The smallest absolute Gasteiger partial charge is 0.317 e. The molecule has 2 rings (SSSR count). The number of hydrogen-bond donors (Lipinski definition) is 2. The molecule has 0 aliphatic carbocycles. The summed E-state index contributed by atoms with van der Waals surface area (Å²) in [6, 6.07) is -1.03. The van der Waals surface area contributed by atoms with Crippen LogP contribution in [0.2, 0.25) is 0 Å². The van der Waals surface area contributed by atoms with Gasteiger partial charge in [-0.2, -0.15) is 11.8 Å². The summed E-state index contributed by atoms with van der Waals surface area (Å²) in [4.78, 5) is 24.5. The van der Waals surface area contributed by atoms with Crippen molar-refractivity contribution in [3.63, 3.8) is 0 Å². The molecule has 0 aromatic rings. The van der Waals surface area contributed by atoms with E-state index < -0.39 is 15.8 Å². The topological polar surface area (TPSA) is 104 Å². The van der Waals surface area contributed by atoms with Gasteiger partial charge in [-0.1, -0.05) is 0 Å². The molecule has 0 spiro atoms. The van der Waals surface area contributed by atoms with E-state index in [0.717, 1.165) is 5.75 Å². The number of amides is 2. The zero-order chi connectivity index (χ0) is 14.8. The number of carboxylic acids is 1. The summed E-state index contributed by atoms with van der Waals surface area (Å²) in [6.45, 7) is 0.494. The van der Waals surface area contributed by atoms with E-state index in [2.05, 4.69) is 5.32 Å². The van der Waals surface area contributed by atoms with Gasteiger partial charge in [0.05, 0.1) is 24.0 Å². The van der Waals surface area contributed by atoms with Crippen LogP contribution in [0.25, 0.3) is 0 Å². The third-order valence-corrected chi connectivity index (χ3v) is 6.32. The van der Waals surface area contributed by atoms with Crippen molar-refractivity contribution in [2.24, 2.45) is 0 Å². The van der Waals surface area contributed by atoms with E-state index >= 15 is 0 Å². The van der Waals surface area contributed by atoms with Gasteiger partial charge in [0.15, 0.2) is 9.84 Å². The van der Waals surface area contributed by atoms with Gasteiger partial charge < -0.3 is 15.3 Å². The third kappa shape index (κ3) is 4.02. The maximum atomic E-state index is 12.2. The van der Waals surface area contributed by atoms with Gasteiger partial charge in [-0.3, -0.25) is 4.79 Å². The molecule has 2 atom stereocenters. The lowest BCUT2D eigenvalue weighted by Crippen LogP contribution is -2.53.